The Balaban J connectivity index is 0.00000580. The Labute approximate surface area is 326 Å². The Hall–Kier alpha value is -4.74. The quantitative estimate of drug-likeness (QED) is 0.277. The molecule has 55 heavy (non-hydrogen) atoms. The van der Waals surface area contributed by atoms with Crippen molar-refractivity contribution in [3.05, 3.63) is 83.1 Å². The number of hydrogen-bond acceptors (Lipinski definition) is 8. The highest BCUT2D eigenvalue weighted by atomic mass is 32.2. The highest BCUT2D eigenvalue weighted by molar-refractivity contribution is 7.83. The van der Waals surface area contributed by atoms with E-state index < -0.39 is 75.9 Å². The van der Waals surface area contributed by atoms with E-state index in [0.29, 0.717) is 30.8 Å². The first-order valence-corrected chi connectivity index (χ1v) is 19.9. The minimum absolute atomic E-state index is 0. The Bertz CT molecular complexity index is 1840. The number of rotatable bonds is 6. The molecule has 4 aliphatic rings. The van der Waals surface area contributed by atoms with Gasteiger partial charge in [-0.15, -0.1) is 5.73 Å². The van der Waals surface area contributed by atoms with Crippen molar-refractivity contribution >= 4 is 40.8 Å². The summed E-state index contributed by atoms with van der Waals surface area (Å²) < 4.78 is 27.4. The summed E-state index contributed by atoms with van der Waals surface area (Å²) in [5.41, 5.74) is 4.02. The normalized spacial score (nSPS) is 25.7. The van der Waals surface area contributed by atoms with Gasteiger partial charge < -0.3 is 19.7 Å². The predicted molar refractivity (Wildman–Crippen MR) is 207 cm³/mol. The molecule has 3 aliphatic heterocycles. The number of hydrogen-bond donors (Lipinski definition) is 2. The lowest BCUT2D eigenvalue weighted by Crippen LogP contribution is -2.56. The number of nitrogens with one attached hydrogen (secondary N) is 2. The lowest BCUT2D eigenvalue weighted by atomic mass is 9.95. The first-order valence-electron chi connectivity index (χ1n) is 18.8. The van der Waals surface area contributed by atoms with E-state index in [4.69, 9.17) is 9.47 Å². The van der Waals surface area contributed by atoms with Crippen LogP contribution in [-0.2, 0) is 52.7 Å². The van der Waals surface area contributed by atoms with Gasteiger partial charge in [-0.1, -0.05) is 62.2 Å². The van der Waals surface area contributed by atoms with Gasteiger partial charge in [0.1, 0.15) is 23.3 Å². The molecule has 0 aromatic heterocycles. The number of amides is 4. The smallest absolute Gasteiger partial charge is 0.410 e. The Morgan fingerprint density at radius 3 is 2.38 bits per heavy atom. The summed E-state index contributed by atoms with van der Waals surface area (Å²) in [4.78, 5) is 72.7. The van der Waals surface area contributed by atoms with Crippen molar-refractivity contribution in [3.8, 4) is 0 Å². The number of carbonyl (C=O) groups is 5. The molecular formula is C42H54N4O8S. The fourth-order valence-corrected chi connectivity index (χ4v) is 8.27. The summed E-state index contributed by atoms with van der Waals surface area (Å²) in [6.07, 6.45) is 5.79. The molecule has 3 heterocycles. The van der Waals surface area contributed by atoms with Crippen LogP contribution in [0, 0.1) is 18.8 Å². The van der Waals surface area contributed by atoms with Crippen LogP contribution < -0.4 is 10.0 Å². The SMILES string of the molecule is C.Cc1ccc([S@@](=O)NC(=O)[C@@]23C[C@H]2C=C=CCCCCC[C@H](CC(=O)OC(C)(C)C)C(=O)N2C[C@H](OC(=O)N4Cc5ccccc5C4)C[C@H]2C(=O)N3)cc1. The van der Waals surface area contributed by atoms with Gasteiger partial charge in [-0.05, 0) is 88.8 Å². The van der Waals surface area contributed by atoms with Gasteiger partial charge in [0.25, 0.3) is 5.91 Å². The molecule has 2 fully saturated rings. The molecule has 0 spiro atoms. The minimum atomic E-state index is -1.89. The van der Waals surface area contributed by atoms with Crippen LogP contribution in [0.4, 0.5) is 4.79 Å². The van der Waals surface area contributed by atoms with Crippen LogP contribution in [0.25, 0.3) is 0 Å². The molecule has 12 nitrogen and oxygen atoms in total. The highest BCUT2D eigenvalue weighted by Gasteiger charge is 2.61. The van der Waals surface area contributed by atoms with Gasteiger partial charge in [0, 0.05) is 31.3 Å². The van der Waals surface area contributed by atoms with E-state index in [9.17, 15) is 28.2 Å². The first kappa shape index (κ1) is 41.4. The Morgan fingerprint density at radius 1 is 1.02 bits per heavy atom. The highest BCUT2D eigenvalue weighted by Crippen LogP contribution is 2.45. The fourth-order valence-electron chi connectivity index (χ4n) is 7.42. The molecule has 13 heteroatoms. The summed E-state index contributed by atoms with van der Waals surface area (Å²) >= 11 is 0. The summed E-state index contributed by atoms with van der Waals surface area (Å²) in [5, 5.41) is 2.93. The summed E-state index contributed by atoms with van der Waals surface area (Å²) in [6, 6.07) is 13.6. The molecule has 4 amide bonds. The van der Waals surface area contributed by atoms with Crippen molar-refractivity contribution < 1.29 is 37.7 Å². The fraction of sp³-hybridized carbons (Fsp3) is 0.524. The zero-order valence-corrected chi connectivity index (χ0v) is 32.2. The molecule has 6 atom stereocenters. The average molecular weight is 775 g/mol. The van der Waals surface area contributed by atoms with Crippen LogP contribution in [0.15, 0.2) is 71.3 Å². The molecule has 0 radical (unpaired) electrons. The second-order valence-electron chi connectivity index (χ2n) is 15.8. The van der Waals surface area contributed by atoms with Crippen molar-refractivity contribution in [3.63, 3.8) is 0 Å². The van der Waals surface area contributed by atoms with E-state index >= 15 is 0 Å². The number of carbonyl (C=O) groups excluding carboxylic acids is 5. The number of fused-ring (bicyclic) bond motifs is 3. The summed E-state index contributed by atoms with van der Waals surface area (Å²) in [6.45, 7) is 7.91. The minimum Gasteiger partial charge on any atom is -0.460 e. The van der Waals surface area contributed by atoms with E-state index in [0.717, 1.165) is 36.0 Å². The molecule has 0 bridgehead atoms. The van der Waals surface area contributed by atoms with E-state index in [1.54, 1.807) is 56.0 Å². The maximum atomic E-state index is 14.5. The molecule has 0 unspecified atom stereocenters. The van der Waals surface area contributed by atoms with Gasteiger partial charge in [-0.3, -0.25) is 28.8 Å². The average Bonchev–Trinajstić information content (AvgIpc) is 3.42. The summed E-state index contributed by atoms with van der Waals surface area (Å²) in [5.74, 6) is -3.35. The number of ether oxygens (including phenoxy) is 2. The van der Waals surface area contributed by atoms with Crippen LogP contribution in [0.3, 0.4) is 0 Å². The third-order valence-corrected chi connectivity index (χ3v) is 11.5. The zero-order chi connectivity index (χ0) is 38.6. The van der Waals surface area contributed by atoms with E-state index in [1.807, 2.05) is 37.3 Å². The van der Waals surface area contributed by atoms with Crippen molar-refractivity contribution in [2.45, 2.75) is 128 Å². The molecule has 296 valence electrons. The van der Waals surface area contributed by atoms with Crippen LogP contribution >= 0.6 is 0 Å². The van der Waals surface area contributed by atoms with Crippen LogP contribution in [-0.4, -0.2) is 73.6 Å². The maximum Gasteiger partial charge on any atom is 0.410 e. The van der Waals surface area contributed by atoms with Crippen molar-refractivity contribution in [2.75, 3.05) is 6.54 Å². The second-order valence-corrected chi connectivity index (χ2v) is 17.0. The molecule has 6 rings (SSSR count). The Morgan fingerprint density at radius 2 is 1.71 bits per heavy atom. The van der Waals surface area contributed by atoms with Crippen LogP contribution in [0.1, 0.15) is 96.3 Å². The maximum absolute atomic E-state index is 14.5. The number of aryl methyl sites for hydroxylation is 1. The van der Waals surface area contributed by atoms with Crippen molar-refractivity contribution in [1.29, 1.82) is 0 Å². The molecule has 2 aromatic rings. The Kier molecular flexibility index (Phi) is 13.1. The molecule has 1 aliphatic carbocycles. The number of esters is 1. The third kappa shape index (κ3) is 10.1. The number of benzene rings is 2. The van der Waals surface area contributed by atoms with Crippen molar-refractivity contribution in [1.82, 2.24) is 19.8 Å². The van der Waals surface area contributed by atoms with Crippen LogP contribution in [0.5, 0.6) is 0 Å². The lowest BCUT2D eigenvalue weighted by molar-refractivity contribution is -0.159. The van der Waals surface area contributed by atoms with Gasteiger partial charge in [0.05, 0.1) is 17.9 Å². The molecule has 2 aromatic carbocycles. The third-order valence-electron chi connectivity index (χ3n) is 10.4. The standard InChI is InChI=1S/C41H50N4O8S.CH4/c1-27-17-19-33(20-18-27)54(51)43-38(49)41-23-31(41)16-10-8-6-5-7-9-13-28(21-35(46)53-40(2,3)4)37(48)45-26-32(22-34(45)36(47)42-41)52-39(50)44-24-29-14-11-12-15-30(29)25-44;/h8,11-12,14-20,28,31-32,34H,5-7,9,13,21-26H2,1-4H3,(H,42,47)(H,43,49);1H4/t10?,28-,31-,32-,34+,41-,54-;/m1./s1. The monoisotopic (exact) mass is 774 g/mol. The van der Waals surface area contributed by atoms with E-state index in [-0.39, 0.29) is 33.2 Å². The molecular weight excluding hydrogens is 721 g/mol. The van der Waals surface area contributed by atoms with Gasteiger partial charge >= 0.3 is 12.1 Å². The number of nitrogens with zero attached hydrogens (tertiary/aromatic N) is 2. The second kappa shape index (κ2) is 17.4. The predicted octanol–water partition coefficient (Wildman–Crippen LogP) is 5.79. The summed E-state index contributed by atoms with van der Waals surface area (Å²) in [7, 11) is -1.89. The van der Waals surface area contributed by atoms with Gasteiger partial charge in [-0.2, -0.15) is 0 Å². The molecule has 2 N–H and O–H groups in total. The van der Waals surface area contributed by atoms with Crippen molar-refractivity contribution in [2.24, 2.45) is 11.8 Å². The largest absolute Gasteiger partial charge is 0.460 e. The van der Waals surface area contributed by atoms with Gasteiger partial charge in [0.2, 0.25) is 11.8 Å². The lowest BCUT2D eigenvalue weighted by Gasteiger charge is -2.30. The van der Waals surface area contributed by atoms with Gasteiger partial charge in [0.15, 0.2) is 11.0 Å². The van der Waals surface area contributed by atoms with E-state index in [2.05, 4.69) is 15.8 Å². The zero-order valence-electron chi connectivity index (χ0n) is 31.4. The molecule has 1 saturated carbocycles. The van der Waals surface area contributed by atoms with E-state index in [1.165, 1.54) is 4.90 Å². The molecule has 1 saturated heterocycles. The first-order chi connectivity index (χ1) is 25.7. The van der Waals surface area contributed by atoms with Crippen LogP contribution in [0.2, 0.25) is 0 Å². The topological polar surface area (TPSA) is 151 Å². The van der Waals surface area contributed by atoms with Gasteiger partial charge in [-0.25, -0.2) is 9.00 Å².